The predicted octanol–water partition coefficient (Wildman–Crippen LogP) is 1.29. The summed E-state index contributed by atoms with van der Waals surface area (Å²) in [6.07, 6.45) is 1.28. The maximum Gasteiger partial charge on any atom is 0.105 e. The van der Waals surface area contributed by atoms with Gasteiger partial charge in [-0.3, -0.25) is 4.90 Å². The number of nitrogens with zero attached hydrogens (tertiary/aromatic N) is 1. The summed E-state index contributed by atoms with van der Waals surface area (Å²) < 4.78 is 12.4. The van der Waals surface area contributed by atoms with Crippen molar-refractivity contribution >= 4 is 0 Å². The third-order valence-electron chi connectivity index (χ3n) is 3.33. The zero-order chi connectivity index (χ0) is 7.30. The number of rotatable bonds is 1. The van der Waals surface area contributed by atoms with Crippen LogP contribution in [0.4, 0.5) is 4.39 Å². The Kier molecular flexibility index (Phi) is 1.28. The number of hydrogen-bond acceptors (Lipinski definition) is 1. The second-order valence-corrected chi connectivity index (χ2v) is 3.69. The van der Waals surface area contributed by atoms with Crippen LogP contribution < -0.4 is 0 Å². The van der Waals surface area contributed by atoms with Crippen LogP contribution in [0, 0.1) is 11.8 Å². The van der Waals surface area contributed by atoms with Crippen molar-refractivity contribution in [2.75, 3.05) is 13.7 Å². The van der Waals surface area contributed by atoms with Gasteiger partial charge in [-0.1, -0.05) is 0 Å². The summed E-state index contributed by atoms with van der Waals surface area (Å²) >= 11 is 0. The summed E-state index contributed by atoms with van der Waals surface area (Å²) in [5.74, 6) is 1.52. The molecule has 4 atom stereocenters. The van der Waals surface area contributed by atoms with E-state index in [0.29, 0.717) is 12.0 Å². The molecular weight excluding hydrogens is 129 g/mol. The molecular formula is C8H14FN. The van der Waals surface area contributed by atoms with Gasteiger partial charge in [0.1, 0.15) is 6.67 Å². The Hall–Kier alpha value is -0.110. The monoisotopic (exact) mass is 143 g/mol. The molecule has 2 heteroatoms. The highest BCUT2D eigenvalue weighted by Crippen LogP contribution is 2.52. The Bertz CT molecular complexity index is 148. The predicted molar refractivity (Wildman–Crippen MR) is 38.6 cm³/mol. The van der Waals surface area contributed by atoms with E-state index in [-0.39, 0.29) is 12.7 Å². The van der Waals surface area contributed by atoms with Gasteiger partial charge in [-0.25, -0.2) is 4.39 Å². The molecule has 1 saturated carbocycles. The lowest BCUT2D eigenvalue weighted by atomic mass is 10.2. The summed E-state index contributed by atoms with van der Waals surface area (Å²) in [5.41, 5.74) is 0. The molecule has 10 heavy (non-hydrogen) atoms. The summed E-state index contributed by atoms with van der Waals surface area (Å²) in [6, 6.07) is 0.880. The molecule has 0 radical (unpaired) electrons. The van der Waals surface area contributed by atoms with Crippen LogP contribution in [0.15, 0.2) is 0 Å². The summed E-state index contributed by atoms with van der Waals surface area (Å²) in [4.78, 5) is 2.19. The molecule has 1 heterocycles. The highest BCUT2D eigenvalue weighted by Gasteiger charge is 2.55. The minimum atomic E-state index is -0.151. The first kappa shape index (κ1) is 6.59. The standard InChI is InChI=1S/C8H14FN/c1-5-6-3-7(6)8(4-9)10(5)2/h5-8H,3-4H2,1-2H3/t5?,6-,7-,8+/m0/s1. The van der Waals surface area contributed by atoms with Gasteiger partial charge in [0, 0.05) is 12.1 Å². The second-order valence-electron chi connectivity index (χ2n) is 3.69. The molecule has 1 nitrogen and oxygen atoms in total. The molecule has 0 spiro atoms. The molecule has 2 aliphatic rings. The van der Waals surface area contributed by atoms with Crippen molar-refractivity contribution in [3.63, 3.8) is 0 Å². The molecule has 0 amide bonds. The molecule has 0 bridgehead atoms. The van der Waals surface area contributed by atoms with E-state index in [1.807, 2.05) is 7.05 Å². The third kappa shape index (κ3) is 0.656. The SMILES string of the molecule is CC1[C@@H]2C[C@@H]2[C@@H](CF)N1C. The Morgan fingerprint density at radius 2 is 2.20 bits per heavy atom. The van der Waals surface area contributed by atoms with Gasteiger partial charge >= 0.3 is 0 Å². The fraction of sp³-hybridized carbons (Fsp3) is 1.00. The summed E-state index contributed by atoms with van der Waals surface area (Å²) in [7, 11) is 2.04. The molecule has 1 saturated heterocycles. The van der Waals surface area contributed by atoms with Gasteiger partial charge in [0.05, 0.1) is 0 Å². The van der Waals surface area contributed by atoms with Crippen LogP contribution in [-0.2, 0) is 0 Å². The Morgan fingerprint density at radius 1 is 1.50 bits per heavy atom. The molecule has 1 unspecified atom stereocenters. The van der Waals surface area contributed by atoms with Crippen LogP contribution >= 0.6 is 0 Å². The van der Waals surface area contributed by atoms with Crippen molar-refractivity contribution in [3.8, 4) is 0 Å². The fourth-order valence-electron chi connectivity index (χ4n) is 2.36. The maximum absolute atomic E-state index is 12.4. The summed E-state index contributed by atoms with van der Waals surface area (Å²) in [5, 5.41) is 0. The van der Waals surface area contributed by atoms with E-state index in [4.69, 9.17) is 0 Å². The molecule has 0 aromatic carbocycles. The Morgan fingerprint density at radius 3 is 2.50 bits per heavy atom. The smallest absolute Gasteiger partial charge is 0.105 e. The average Bonchev–Trinajstić information content (AvgIpc) is 2.63. The first-order valence-electron chi connectivity index (χ1n) is 4.03. The van der Waals surface area contributed by atoms with Crippen LogP contribution in [-0.4, -0.2) is 30.7 Å². The number of halogens is 1. The van der Waals surface area contributed by atoms with Gasteiger partial charge in [-0.2, -0.15) is 0 Å². The average molecular weight is 143 g/mol. The van der Waals surface area contributed by atoms with Crippen molar-refractivity contribution in [1.29, 1.82) is 0 Å². The number of hydrogen-bond donors (Lipinski definition) is 0. The van der Waals surface area contributed by atoms with E-state index < -0.39 is 0 Å². The van der Waals surface area contributed by atoms with E-state index in [1.165, 1.54) is 6.42 Å². The molecule has 58 valence electrons. The zero-order valence-corrected chi connectivity index (χ0v) is 6.55. The van der Waals surface area contributed by atoms with Crippen molar-refractivity contribution < 1.29 is 4.39 Å². The number of piperidine rings is 1. The lowest BCUT2D eigenvalue weighted by molar-refractivity contribution is 0.180. The number of likely N-dealkylation sites (tertiary alicyclic amines) is 1. The Labute approximate surface area is 61.2 Å². The van der Waals surface area contributed by atoms with E-state index in [2.05, 4.69) is 11.8 Å². The Balaban J connectivity index is 2.09. The molecule has 0 N–H and O–H groups in total. The zero-order valence-electron chi connectivity index (χ0n) is 6.55. The maximum atomic E-state index is 12.4. The number of alkyl halides is 1. The molecule has 0 aromatic rings. The van der Waals surface area contributed by atoms with Gasteiger partial charge in [-0.15, -0.1) is 0 Å². The van der Waals surface area contributed by atoms with Gasteiger partial charge in [0.2, 0.25) is 0 Å². The van der Waals surface area contributed by atoms with E-state index in [1.54, 1.807) is 0 Å². The van der Waals surface area contributed by atoms with Gasteiger partial charge in [0.15, 0.2) is 0 Å². The molecule has 1 aliphatic carbocycles. The van der Waals surface area contributed by atoms with E-state index in [0.717, 1.165) is 5.92 Å². The van der Waals surface area contributed by atoms with Crippen LogP contribution in [0.2, 0.25) is 0 Å². The van der Waals surface area contributed by atoms with Crippen molar-refractivity contribution in [2.45, 2.75) is 25.4 Å². The van der Waals surface area contributed by atoms with Crippen molar-refractivity contribution in [3.05, 3.63) is 0 Å². The number of fused-ring (bicyclic) bond motifs is 1. The first-order valence-corrected chi connectivity index (χ1v) is 4.03. The van der Waals surface area contributed by atoms with Crippen LogP contribution in [0.1, 0.15) is 13.3 Å². The minimum Gasteiger partial charge on any atom is -0.298 e. The molecule has 2 fully saturated rings. The van der Waals surface area contributed by atoms with Crippen LogP contribution in [0.3, 0.4) is 0 Å². The van der Waals surface area contributed by atoms with Gasteiger partial charge in [0.25, 0.3) is 0 Å². The molecule has 1 aliphatic heterocycles. The quantitative estimate of drug-likeness (QED) is 0.534. The third-order valence-corrected chi connectivity index (χ3v) is 3.33. The first-order chi connectivity index (χ1) is 4.75. The van der Waals surface area contributed by atoms with Gasteiger partial charge < -0.3 is 0 Å². The highest BCUT2D eigenvalue weighted by atomic mass is 19.1. The lowest BCUT2D eigenvalue weighted by Crippen LogP contribution is -2.35. The summed E-state index contributed by atoms with van der Waals surface area (Å²) in [6.45, 7) is 2.06. The van der Waals surface area contributed by atoms with E-state index >= 15 is 0 Å². The second kappa shape index (κ2) is 1.94. The molecule has 2 rings (SSSR count). The van der Waals surface area contributed by atoms with Crippen LogP contribution in [0.25, 0.3) is 0 Å². The fourth-order valence-corrected chi connectivity index (χ4v) is 2.36. The van der Waals surface area contributed by atoms with E-state index in [9.17, 15) is 4.39 Å². The molecule has 0 aromatic heterocycles. The van der Waals surface area contributed by atoms with Crippen LogP contribution in [0.5, 0.6) is 0 Å². The normalized spacial score (nSPS) is 53.1. The highest BCUT2D eigenvalue weighted by molar-refractivity contribution is 5.07. The minimum absolute atomic E-state index is 0.151. The topological polar surface area (TPSA) is 3.24 Å². The van der Waals surface area contributed by atoms with Gasteiger partial charge in [-0.05, 0) is 32.2 Å². The van der Waals surface area contributed by atoms with Crippen molar-refractivity contribution in [1.82, 2.24) is 4.90 Å². The van der Waals surface area contributed by atoms with Crippen molar-refractivity contribution in [2.24, 2.45) is 11.8 Å². The lowest BCUT2D eigenvalue weighted by Gasteiger charge is -2.24. The largest absolute Gasteiger partial charge is 0.298 e.